The van der Waals surface area contributed by atoms with Crippen molar-refractivity contribution in [1.82, 2.24) is 4.98 Å². The number of methoxy groups -OCH3 is 1. The second kappa shape index (κ2) is 4.31. The van der Waals surface area contributed by atoms with Gasteiger partial charge in [0, 0.05) is 0 Å². The Morgan fingerprint density at radius 3 is 2.94 bits per heavy atom. The Kier molecular flexibility index (Phi) is 2.86. The lowest BCUT2D eigenvalue weighted by atomic mass is 10.2. The first-order valence-electron chi connectivity index (χ1n) is 5.14. The first-order valence-corrected chi connectivity index (χ1v) is 5.14. The molecule has 0 fully saturated rings. The van der Waals surface area contributed by atoms with Crippen LogP contribution >= 0.6 is 0 Å². The van der Waals surface area contributed by atoms with Crippen LogP contribution in [0, 0.1) is 0 Å². The molecular formula is C13H13NO2. The number of fused-ring (bicyclic) bond motifs is 1. The van der Waals surface area contributed by atoms with Gasteiger partial charge >= 0.3 is 5.97 Å². The zero-order valence-corrected chi connectivity index (χ0v) is 9.36. The first kappa shape index (κ1) is 10.6. The van der Waals surface area contributed by atoms with E-state index in [-0.39, 0.29) is 0 Å². The molecule has 0 aliphatic heterocycles. The van der Waals surface area contributed by atoms with Gasteiger partial charge in [0.2, 0.25) is 0 Å². The van der Waals surface area contributed by atoms with Crippen LogP contribution in [0.25, 0.3) is 12.2 Å². The predicted octanol–water partition coefficient (Wildman–Crippen LogP) is 0.779. The lowest BCUT2D eigenvalue weighted by Crippen LogP contribution is -2.29. The SMILES string of the molecule is COC(=O)c1ccc2c(n1)=CCC(C)=CC=2. The highest BCUT2D eigenvalue weighted by Gasteiger charge is 2.06. The van der Waals surface area contributed by atoms with Gasteiger partial charge < -0.3 is 4.74 Å². The molecular weight excluding hydrogens is 202 g/mol. The summed E-state index contributed by atoms with van der Waals surface area (Å²) in [7, 11) is 1.36. The number of hydrogen-bond donors (Lipinski definition) is 0. The summed E-state index contributed by atoms with van der Waals surface area (Å²) in [6, 6.07) is 3.57. The fourth-order valence-electron chi connectivity index (χ4n) is 1.57. The van der Waals surface area contributed by atoms with Crippen LogP contribution in [0.3, 0.4) is 0 Å². The number of carbonyl (C=O) groups excluding carboxylic acids is 1. The summed E-state index contributed by atoms with van der Waals surface area (Å²) in [5.74, 6) is -0.398. The molecule has 0 saturated heterocycles. The van der Waals surface area contributed by atoms with E-state index < -0.39 is 5.97 Å². The smallest absolute Gasteiger partial charge is 0.356 e. The Labute approximate surface area is 93.8 Å². The van der Waals surface area contributed by atoms with Crippen molar-refractivity contribution in [3.63, 3.8) is 0 Å². The van der Waals surface area contributed by atoms with Gasteiger partial charge in [0.1, 0.15) is 5.69 Å². The molecule has 3 nitrogen and oxygen atoms in total. The van der Waals surface area contributed by atoms with Crippen LogP contribution in [-0.4, -0.2) is 18.1 Å². The second-order valence-electron chi connectivity index (χ2n) is 3.75. The number of ether oxygens (including phenoxy) is 1. The number of rotatable bonds is 1. The molecule has 0 aromatic carbocycles. The number of hydrogen-bond acceptors (Lipinski definition) is 3. The summed E-state index contributed by atoms with van der Waals surface area (Å²) in [6.07, 6.45) is 6.97. The van der Waals surface area contributed by atoms with Crippen LogP contribution < -0.4 is 10.6 Å². The van der Waals surface area contributed by atoms with Crippen LogP contribution in [0.15, 0.2) is 23.8 Å². The van der Waals surface area contributed by atoms with E-state index in [0.717, 1.165) is 17.0 Å². The van der Waals surface area contributed by atoms with Gasteiger partial charge in [-0.25, -0.2) is 9.78 Å². The van der Waals surface area contributed by atoms with Crippen molar-refractivity contribution in [3.8, 4) is 0 Å². The fourth-order valence-corrected chi connectivity index (χ4v) is 1.57. The summed E-state index contributed by atoms with van der Waals surface area (Å²) in [5, 5.41) is 1.88. The van der Waals surface area contributed by atoms with Gasteiger partial charge in [0.15, 0.2) is 0 Å². The molecule has 2 rings (SSSR count). The summed E-state index contributed by atoms with van der Waals surface area (Å²) in [6.45, 7) is 2.07. The molecule has 0 amide bonds. The minimum Gasteiger partial charge on any atom is -0.464 e. The maximum absolute atomic E-state index is 11.3. The maximum atomic E-state index is 11.3. The number of nitrogens with zero attached hydrogens (tertiary/aromatic N) is 1. The first-order chi connectivity index (χ1) is 7.70. The van der Waals surface area contributed by atoms with Gasteiger partial charge in [-0.2, -0.15) is 0 Å². The summed E-state index contributed by atoms with van der Waals surface area (Å²) < 4.78 is 4.64. The molecule has 3 heteroatoms. The van der Waals surface area contributed by atoms with Gasteiger partial charge in [-0.15, -0.1) is 0 Å². The molecule has 0 bridgehead atoms. The number of pyridine rings is 1. The lowest BCUT2D eigenvalue weighted by molar-refractivity contribution is 0.0593. The van der Waals surface area contributed by atoms with Gasteiger partial charge in [-0.3, -0.25) is 0 Å². The summed E-state index contributed by atoms with van der Waals surface area (Å²) >= 11 is 0. The highest BCUT2D eigenvalue weighted by molar-refractivity contribution is 5.87. The standard InChI is InChI=1S/C13H13NO2/c1-9-3-5-10-6-8-12(13(15)16-2)14-11(10)7-4-9/h3,5-8H,4H2,1-2H3. The molecule has 0 atom stereocenters. The molecule has 0 N–H and O–H groups in total. The average molecular weight is 215 g/mol. The lowest BCUT2D eigenvalue weighted by Gasteiger charge is -1.97. The van der Waals surface area contributed by atoms with E-state index in [2.05, 4.69) is 22.7 Å². The summed E-state index contributed by atoms with van der Waals surface area (Å²) in [4.78, 5) is 15.6. The molecule has 82 valence electrons. The van der Waals surface area contributed by atoms with Crippen molar-refractivity contribution in [3.05, 3.63) is 40.0 Å². The van der Waals surface area contributed by atoms with E-state index in [9.17, 15) is 4.79 Å². The molecule has 0 saturated carbocycles. The normalized spacial score (nSPS) is 13.8. The number of aromatic nitrogens is 1. The maximum Gasteiger partial charge on any atom is 0.356 e. The number of esters is 1. The average Bonchev–Trinajstić information content (AvgIpc) is 2.50. The van der Waals surface area contributed by atoms with Crippen LogP contribution in [0.4, 0.5) is 0 Å². The Hall–Kier alpha value is -1.90. The molecule has 1 aliphatic rings. The van der Waals surface area contributed by atoms with Crippen molar-refractivity contribution in [2.45, 2.75) is 13.3 Å². The third-order valence-corrected chi connectivity index (χ3v) is 2.52. The third kappa shape index (κ3) is 2.03. The Bertz CT molecular complexity index is 570. The molecule has 0 spiro atoms. The van der Waals surface area contributed by atoms with Gasteiger partial charge in [-0.1, -0.05) is 29.9 Å². The topological polar surface area (TPSA) is 39.2 Å². The van der Waals surface area contributed by atoms with Crippen molar-refractivity contribution in [2.75, 3.05) is 7.11 Å². The van der Waals surface area contributed by atoms with E-state index in [0.29, 0.717) is 5.69 Å². The quantitative estimate of drug-likeness (QED) is 0.650. The van der Waals surface area contributed by atoms with E-state index in [1.807, 2.05) is 18.2 Å². The Morgan fingerprint density at radius 2 is 2.19 bits per heavy atom. The molecule has 1 aromatic heterocycles. The largest absolute Gasteiger partial charge is 0.464 e. The number of carbonyl (C=O) groups is 1. The van der Waals surface area contributed by atoms with E-state index in [1.165, 1.54) is 12.7 Å². The van der Waals surface area contributed by atoms with Crippen LogP contribution in [0.1, 0.15) is 23.8 Å². The Morgan fingerprint density at radius 1 is 1.38 bits per heavy atom. The zero-order valence-electron chi connectivity index (χ0n) is 9.36. The van der Waals surface area contributed by atoms with E-state index in [1.54, 1.807) is 6.07 Å². The molecule has 16 heavy (non-hydrogen) atoms. The second-order valence-corrected chi connectivity index (χ2v) is 3.75. The van der Waals surface area contributed by atoms with Gasteiger partial charge in [0.25, 0.3) is 0 Å². The molecule has 1 heterocycles. The molecule has 1 aliphatic carbocycles. The molecule has 1 aromatic rings. The van der Waals surface area contributed by atoms with Crippen LogP contribution in [0.5, 0.6) is 0 Å². The van der Waals surface area contributed by atoms with Gasteiger partial charge in [-0.05, 0) is 24.6 Å². The van der Waals surface area contributed by atoms with Crippen molar-refractivity contribution >= 4 is 18.1 Å². The Balaban J connectivity index is 2.55. The van der Waals surface area contributed by atoms with Crippen molar-refractivity contribution in [1.29, 1.82) is 0 Å². The minimum absolute atomic E-state index is 0.352. The third-order valence-electron chi connectivity index (χ3n) is 2.52. The van der Waals surface area contributed by atoms with Crippen molar-refractivity contribution < 1.29 is 9.53 Å². The zero-order chi connectivity index (χ0) is 11.5. The summed E-state index contributed by atoms with van der Waals surface area (Å²) in [5.41, 5.74) is 1.63. The van der Waals surface area contributed by atoms with E-state index >= 15 is 0 Å². The minimum atomic E-state index is -0.398. The van der Waals surface area contributed by atoms with Crippen molar-refractivity contribution in [2.24, 2.45) is 0 Å². The highest BCUT2D eigenvalue weighted by Crippen LogP contribution is 2.02. The monoisotopic (exact) mass is 215 g/mol. The highest BCUT2D eigenvalue weighted by atomic mass is 16.5. The van der Waals surface area contributed by atoms with Crippen LogP contribution in [-0.2, 0) is 4.74 Å². The molecule has 0 radical (unpaired) electrons. The number of allylic oxidation sites excluding steroid dienone is 2. The van der Waals surface area contributed by atoms with Gasteiger partial charge in [0.05, 0.1) is 12.5 Å². The van der Waals surface area contributed by atoms with E-state index in [4.69, 9.17) is 0 Å². The predicted molar refractivity (Wildman–Crippen MR) is 62.1 cm³/mol. The fraction of sp³-hybridized carbons (Fsp3) is 0.231. The van der Waals surface area contributed by atoms with Crippen LogP contribution in [0.2, 0.25) is 0 Å². The molecule has 0 unspecified atom stereocenters.